The highest BCUT2D eigenvalue weighted by Crippen LogP contribution is 2.46. The summed E-state index contributed by atoms with van der Waals surface area (Å²) in [6, 6.07) is 11.9. The van der Waals surface area contributed by atoms with Crippen molar-refractivity contribution in [1.82, 2.24) is 5.32 Å². The lowest BCUT2D eigenvalue weighted by molar-refractivity contribution is -0.123. The Balaban J connectivity index is 1.95. The van der Waals surface area contributed by atoms with E-state index >= 15 is 0 Å². The van der Waals surface area contributed by atoms with Crippen LogP contribution in [-0.2, 0) is 14.8 Å². The Morgan fingerprint density at radius 2 is 1.80 bits per heavy atom. The number of halogens is 1. The van der Waals surface area contributed by atoms with Crippen LogP contribution in [-0.4, -0.2) is 26.9 Å². The second-order valence-corrected chi connectivity index (χ2v) is 8.20. The summed E-state index contributed by atoms with van der Waals surface area (Å²) in [6.45, 7) is 2.14. The van der Waals surface area contributed by atoms with E-state index in [4.69, 9.17) is 0 Å². The van der Waals surface area contributed by atoms with Crippen molar-refractivity contribution in [2.75, 3.05) is 10.8 Å². The van der Waals surface area contributed by atoms with E-state index in [0.717, 1.165) is 11.6 Å². The monoisotopic (exact) mass is 360 g/mol. The second-order valence-electron chi connectivity index (χ2n) is 6.42. The average molecular weight is 360 g/mol. The SMILES string of the molecule is C[C@@H]1c2ccccc2N(S(=O)(=O)c2ccccc2F)[C@@H]2CNC(=O)[C@@H]12. The van der Waals surface area contributed by atoms with Crippen molar-refractivity contribution in [1.29, 1.82) is 0 Å². The average Bonchev–Trinajstić information content (AvgIpc) is 2.97. The molecule has 1 fully saturated rings. The van der Waals surface area contributed by atoms with Crippen molar-refractivity contribution in [3.05, 3.63) is 59.9 Å². The van der Waals surface area contributed by atoms with Gasteiger partial charge in [-0.05, 0) is 29.7 Å². The molecule has 130 valence electrons. The zero-order valence-corrected chi connectivity index (χ0v) is 14.3. The lowest BCUT2D eigenvalue weighted by Crippen LogP contribution is -2.50. The summed E-state index contributed by atoms with van der Waals surface area (Å²) in [4.78, 5) is 11.9. The van der Waals surface area contributed by atoms with Crippen molar-refractivity contribution < 1.29 is 17.6 Å². The van der Waals surface area contributed by atoms with Crippen LogP contribution >= 0.6 is 0 Å². The number of rotatable bonds is 2. The van der Waals surface area contributed by atoms with E-state index in [1.165, 1.54) is 22.5 Å². The molecule has 0 aromatic heterocycles. The van der Waals surface area contributed by atoms with Crippen LogP contribution in [0.25, 0.3) is 0 Å². The van der Waals surface area contributed by atoms with E-state index in [1.807, 2.05) is 19.1 Å². The minimum Gasteiger partial charge on any atom is -0.354 e. The van der Waals surface area contributed by atoms with Crippen molar-refractivity contribution in [2.24, 2.45) is 5.92 Å². The van der Waals surface area contributed by atoms with Crippen LogP contribution in [0.2, 0.25) is 0 Å². The first kappa shape index (κ1) is 16.1. The van der Waals surface area contributed by atoms with Gasteiger partial charge in [0.15, 0.2) is 0 Å². The first-order valence-electron chi connectivity index (χ1n) is 8.08. The van der Waals surface area contributed by atoms with Crippen molar-refractivity contribution >= 4 is 21.6 Å². The number of carbonyl (C=O) groups is 1. The van der Waals surface area contributed by atoms with E-state index in [9.17, 15) is 17.6 Å². The van der Waals surface area contributed by atoms with Gasteiger partial charge < -0.3 is 5.32 Å². The Morgan fingerprint density at radius 3 is 2.56 bits per heavy atom. The molecule has 1 saturated heterocycles. The van der Waals surface area contributed by atoms with E-state index in [-0.39, 0.29) is 23.3 Å². The predicted octanol–water partition coefficient (Wildman–Crippen LogP) is 2.25. The molecule has 2 heterocycles. The summed E-state index contributed by atoms with van der Waals surface area (Å²) >= 11 is 0. The van der Waals surface area contributed by atoms with E-state index in [0.29, 0.717) is 5.69 Å². The molecule has 4 rings (SSSR count). The topological polar surface area (TPSA) is 66.5 Å². The van der Waals surface area contributed by atoms with Crippen molar-refractivity contribution in [2.45, 2.75) is 23.8 Å². The maximum Gasteiger partial charge on any atom is 0.267 e. The summed E-state index contributed by atoms with van der Waals surface area (Å²) in [7, 11) is -4.14. The summed E-state index contributed by atoms with van der Waals surface area (Å²) < 4.78 is 42.0. The molecule has 0 spiro atoms. The highest BCUT2D eigenvalue weighted by Gasteiger charge is 2.51. The largest absolute Gasteiger partial charge is 0.354 e. The minimum absolute atomic E-state index is 0.115. The molecule has 2 aromatic carbocycles. The van der Waals surface area contributed by atoms with Gasteiger partial charge in [-0.1, -0.05) is 37.3 Å². The minimum atomic E-state index is -4.14. The van der Waals surface area contributed by atoms with Gasteiger partial charge in [-0.2, -0.15) is 0 Å². The van der Waals surface area contributed by atoms with E-state index < -0.39 is 27.8 Å². The molecule has 2 aliphatic heterocycles. The number of carbonyl (C=O) groups excluding carboxylic acids is 1. The highest BCUT2D eigenvalue weighted by molar-refractivity contribution is 7.92. The van der Waals surface area contributed by atoms with Gasteiger partial charge in [-0.25, -0.2) is 12.8 Å². The molecular formula is C18H17FN2O3S. The molecule has 2 aliphatic rings. The second kappa shape index (κ2) is 5.56. The molecule has 3 atom stereocenters. The molecule has 0 aliphatic carbocycles. The Hall–Kier alpha value is -2.41. The molecule has 0 saturated carbocycles. The number of nitrogens with zero attached hydrogens (tertiary/aromatic N) is 1. The molecule has 0 unspecified atom stereocenters. The lowest BCUT2D eigenvalue weighted by atomic mass is 9.80. The fourth-order valence-electron chi connectivity index (χ4n) is 3.93. The molecule has 7 heteroatoms. The summed E-state index contributed by atoms with van der Waals surface area (Å²) in [6.07, 6.45) is 0. The van der Waals surface area contributed by atoms with Crippen molar-refractivity contribution in [3.63, 3.8) is 0 Å². The molecule has 1 N–H and O–H groups in total. The standard InChI is InChI=1S/C18H17FN2O3S/c1-11-12-6-2-4-8-14(12)21(15-10-20-18(22)17(11)15)25(23,24)16-9-5-3-7-13(16)19/h2-9,11,15,17H,10H2,1H3,(H,20,22)/t11-,15-,17+/m1/s1. The van der Waals surface area contributed by atoms with Gasteiger partial charge in [0.2, 0.25) is 5.91 Å². The highest BCUT2D eigenvalue weighted by atomic mass is 32.2. The van der Waals surface area contributed by atoms with Gasteiger partial charge in [-0.15, -0.1) is 0 Å². The van der Waals surface area contributed by atoms with Crippen LogP contribution in [0.5, 0.6) is 0 Å². The molecule has 5 nitrogen and oxygen atoms in total. The normalized spacial score (nSPS) is 25.3. The van der Waals surface area contributed by atoms with Gasteiger partial charge in [0.25, 0.3) is 10.0 Å². The van der Waals surface area contributed by atoms with Gasteiger partial charge in [0.05, 0.1) is 17.6 Å². The molecular weight excluding hydrogens is 343 g/mol. The molecule has 25 heavy (non-hydrogen) atoms. The smallest absolute Gasteiger partial charge is 0.267 e. The van der Waals surface area contributed by atoms with Crippen LogP contribution in [0.4, 0.5) is 10.1 Å². The van der Waals surface area contributed by atoms with Crippen LogP contribution < -0.4 is 9.62 Å². The molecule has 0 bridgehead atoms. The number of hydrogen-bond donors (Lipinski definition) is 1. The van der Waals surface area contributed by atoms with Crippen LogP contribution in [0, 0.1) is 11.7 Å². The predicted molar refractivity (Wildman–Crippen MR) is 91.2 cm³/mol. The van der Waals surface area contributed by atoms with Gasteiger partial charge in [0.1, 0.15) is 10.7 Å². The van der Waals surface area contributed by atoms with Gasteiger partial charge in [0, 0.05) is 6.54 Å². The maximum absolute atomic E-state index is 14.2. The zero-order valence-electron chi connectivity index (χ0n) is 13.5. The number of anilines is 1. The first-order valence-corrected chi connectivity index (χ1v) is 9.52. The number of benzene rings is 2. The Morgan fingerprint density at radius 1 is 1.12 bits per heavy atom. The van der Waals surface area contributed by atoms with Gasteiger partial charge in [-0.3, -0.25) is 9.10 Å². The Kier molecular flexibility index (Phi) is 3.57. The number of para-hydroxylation sites is 1. The number of hydrogen-bond acceptors (Lipinski definition) is 3. The van der Waals surface area contributed by atoms with Crippen LogP contribution in [0.3, 0.4) is 0 Å². The first-order chi connectivity index (χ1) is 11.9. The number of nitrogens with one attached hydrogen (secondary N) is 1. The fourth-order valence-corrected chi connectivity index (χ4v) is 5.69. The van der Waals surface area contributed by atoms with E-state index in [2.05, 4.69) is 5.32 Å². The molecule has 1 amide bonds. The maximum atomic E-state index is 14.2. The van der Waals surface area contributed by atoms with Crippen molar-refractivity contribution in [3.8, 4) is 0 Å². The number of sulfonamides is 1. The fraction of sp³-hybridized carbons (Fsp3) is 0.278. The lowest BCUT2D eigenvalue weighted by Gasteiger charge is -2.41. The number of fused-ring (bicyclic) bond motifs is 2. The van der Waals surface area contributed by atoms with Crippen LogP contribution in [0.15, 0.2) is 53.4 Å². The Labute approximate surface area is 145 Å². The summed E-state index contributed by atoms with van der Waals surface area (Å²) in [5, 5.41) is 2.76. The summed E-state index contributed by atoms with van der Waals surface area (Å²) in [5.41, 5.74) is 1.29. The molecule has 0 radical (unpaired) electrons. The third kappa shape index (κ3) is 2.26. The third-order valence-corrected chi connectivity index (χ3v) is 6.95. The van der Waals surface area contributed by atoms with Crippen LogP contribution in [0.1, 0.15) is 18.4 Å². The van der Waals surface area contributed by atoms with E-state index in [1.54, 1.807) is 12.1 Å². The molecule has 2 aromatic rings. The zero-order chi connectivity index (χ0) is 17.8. The summed E-state index contributed by atoms with van der Waals surface area (Å²) in [5.74, 6) is -1.57. The van der Waals surface area contributed by atoms with Gasteiger partial charge >= 0.3 is 0 Å². The third-order valence-electron chi connectivity index (χ3n) is 5.08. The number of amides is 1. The quantitative estimate of drug-likeness (QED) is 0.893. The Bertz CT molecular complexity index is 960.